The van der Waals surface area contributed by atoms with Gasteiger partial charge in [-0.25, -0.2) is 0 Å². The van der Waals surface area contributed by atoms with Crippen molar-refractivity contribution in [2.24, 2.45) is 10.8 Å². The topological polar surface area (TPSA) is 68.3 Å². The van der Waals surface area contributed by atoms with Crippen LogP contribution in [0.25, 0.3) is 0 Å². The molecule has 0 rings (SSSR count). The van der Waals surface area contributed by atoms with E-state index in [0.29, 0.717) is 12.8 Å². The van der Waals surface area contributed by atoms with Crippen LogP contribution in [-0.2, 0) is 19.2 Å². The van der Waals surface area contributed by atoms with Gasteiger partial charge in [0.05, 0.1) is 12.8 Å². The predicted octanol–water partition coefficient (Wildman–Crippen LogP) is 3.94. The van der Waals surface area contributed by atoms with Gasteiger partial charge in [-0.3, -0.25) is 19.2 Å². The van der Waals surface area contributed by atoms with E-state index >= 15 is 0 Å². The Morgan fingerprint density at radius 3 is 0.955 bits per heavy atom. The largest absolute Gasteiger partial charge is 0.299 e. The van der Waals surface area contributed by atoms with Gasteiger partial charge in [-0.05, 0) is 0 Å². The van der Waals surface area contributed by atoms with Gasteiger partial charge >= 0.3 is 0 Å². The van der Waals surface area contributed by atoms with Gasteiger partial charge in [0.25, 0.3) is 0 Å². The molecule has 0 bridgehead atoms. The highest BCUT2D eigenvalue weighted by Crippen LogP contribution is 2.17. The SMILES string of the molecule is CCC(=O)CC(=O)C(C)(C)C.CCC(=O)CC(=O)C(C)(C)C. The van der Waals surface area contributed by atoms with Crippen molar-refractivity contribution in [1.29, 1.82) is 0 Å². The Labute approximate surface area is 135 Å². The summed E-state index contributed by atoms with van der Waals surface area (Å²) in [5.74, 6) is 0.128. The van der Waals surface area contributed by atoms with Crippen LogP contribution < -0.4 is 0 Å². The zero-order valence-electron chi connectivity index (χ0n) is 15.5. The van der Waals surface area contributed by atoms with E-state index in [1.807, 2.05) is 41.5 Å². The second kappa shape index (κ2) is 9.65. The van der Waals surface area contributed by atoms with Crippen molar-refractivity contribution < 1.29 is 19.2 Å². The first-order chi connectivity index (χ1) is 9.75. The Hall–Kier alpha value is -1.32. The number of ketones is 4. The average molecular weight is 312 g/mol. The lowest BCUT2D eigenvalue weighted by molar-refractivity contribution is -0.133. The molecule has 0 atom stereocenters. The molecule has 0 radical (unpaired) electrons. The lowest BCUT2D eigenvalue weighted by Gasteiger charge is -2.15. The predicted molar refractivity (Wildman–Crippen MR) is 88.8 cm³/mol. The number of hydrogen-bond donors (Lipinski definition) is 0. The zero-order chi connectivity index (χ0) is 18.1. The lowest BCUT2D eigenvalue weighted by atomic mass is 9.88. The first kappa shape index (κ1) is 23.0. The summed E-state index contributed by atoms with van der Waals surface area (Å²) in [7, 11) is 0. The highest BCUT2D eigenvalue weighted by atomic mass is 16.2. The third kappa shape index (κ3) is 11.4. The molecule has 0 aromatic heterocycles. The van der Waals surface area contributed by atoms with Crippen molar-refractivity contribution in [1.82, 2.24) is 0 Å². The summed E-state index contributed by atoms with van der Waals surface area (Å²) in [6, 6.07) is 0. The Balaban J connectivity index is 0. The van der Waals surface area contributed by atoms with E-state index in [1.165, 1.54) is 0 Å². The summed E-state index contributed by atoms with van der Waals surface area (Å²) < 4.78 is 0. The Bertz CT molecular complexity index is 366. The summed E-state index contributed by atoms with van der Waals surface area (Å²) >= 11 is 0. The molecule has 0 saturated carbocycles. The molecule has 0 unspecified atom stereocenters. The fourth-order valence-electron chi connectivity index (χ4n) is 1.14. The van der Waals surface area contributed by atoms with Crippen molar-refractivity contribution >= 4 is 23.1 Å². The van der Waals surface area contributed by atoms with Crippen molar-refractivity contribution in [2.45, 2.75) is 81.1 Å². The van der Waals surface area contributed by atoms with E-state index < -0.39 is 0 Å². The van der Waals surface area contributed by atoms with Gasteiger partial charge in [-0.1, -0.05) is 55.4 Å². The summed E-state index contributed by atoms with van der Waals surface area (Å²) in [4.78, 5) is 44.1. The van der Waals surface area contributed by atoms with Crippen LogP contribution >= 0.6 is 0 Å². The normalized spacial score (nSPS) is 11.3. The van der Waals surface area contributed by atoms with Gasteiger partial charge in [0.15, 0.2) is 0 Å². The average Bonchev–Trinajstić information content (AvgIpc) is 2.36. The van der Waals surface area contributed by atoms with Crippen molar-refractivity contribution in [3.05, 3.63) is 0 Å². The van der Waals surface area contributed by atoms with Crippen LogP contribution in [-0.4, -0.2) is 23.1 Å². The molecule has 4 nitrogen and oxygen atoms in total. The number of Topliss-reactive ketones (excluding diaryl/α,β-unsaturated/α-hetero) is 4. The molecule has 22 heavy (non-hydrogen) atoms. The summed E-state index contributed by atoms with van der Waals surface area (Å²) in [6.07, 6.45) is 1.11. The second-order valence-electron chi connectivity index (χ2n) is 7.48. The van der Waals surface area contributed by atoms with Gasteiger partial charge in [-0.2, -0.15) is 0 Å². The Kier molecular flexibility index (Phi) is 10.1. The fraction of sp³-hybridized carbons (Fsp3) is 0.778. The van der Waals surface area contributed by atoms with Crippen LogP contribution in [0.3, 0.4) is 0 Å². The molecule has 0 aromatic carbocycles. The van der Waals surface area contributed by atoms with Gasteiger partial charge in [0, 0.05) is 23.7 Å². The maximum absolute atomic E-state index is 11.2. The van der Waals surface area contributed by atoms with E-state index in [0.717, 1.165) is 0 Å². The van der Waals surface area contributed by atoms with Crippen molar-refractivity contribution in [3.8, 4) is 0 Å². The Morgan fingerprint density at radius 2 is 0.818 bits per heavy atom. The van der Waals surface area contributed by atoms with E-state index in [1.54, 1.807) is 13.8 Å². The van der Waals surface area contributed by atoms with Crippen molar-refractivity contribution in [2.75, 3.05) is 0 Å². The maximum Gasteiger partial charge on any atom is 0.145 e. The van der Waals surface area contributed by atoms with Gasteiger partial charge in [0.2, 0.25) is 0 Å². The minimum Gasteiger partial charge on any atom is -0.299 e. The van der Waals surface area contributed by atoms with E-state index in [2.05, 4.69) is 0 Å². The molecule has 4 heteroatoms. The van der Waals surface area contributed by atoms with Gasteiger partial charge in [0.1, 0.15) is 23.1 Å². The smallest absolute Gasteiger partial charge is 0.145 e. The first-order valence-electron chi connectivity index (χ1n) is 7.85. The molecular weight excluding hydrogens is 280 g/mol. The molecule has 0 fully saturated rings. The first-order valence-corrected chi connectivity index (χ1v) is 7.85. The minimum absolute atomic E-state index is 0.0318. The molecule has 0 aliphatic rings. The molecular formula is C18H32O4. The van der Waals surface area contributed by atoms with Crippen molar-refractivity contribution in [3.63, 3.8) is 0 Å². The second-order valence-corrected chi connectivity index (χ2v) is 7.48. The van der Waals surface area contributed by atoms with Crippen LogP contribution in [0.15, 0.2) is 0 Å². The minimum atomic E-state index is -0.370. The van der Waals surface area contributed by atoms with Gasteiger partial charge < -0.3 is 0 Å². The molecule has 0 N–H and O–H groups in total. The third-order valence-corrected chi connectivity index (χ3v) is 3.18. The van der Waals surface area contributed by atoms with E-state index in [-0.39, 0.29) is 46.8 Å². The number of hydrogen-bond acceptors (Lipinski definition) is 4. The summed E-state index contributed by atoms with van der Waals surface area (Å²) in [5.41, 5.74) is -0.740. The molecule has 0 aliphatic heterocycles. The molecule has 128 valence electrons. The monoisotopic (exact) mass is 312 g/mol. The van der Waals surface area contributed by atoms with Crippen LogP contribution in [0.4, 0.5) is 0 Å². The van der Waals surface area contributed by atoms with Crippen LogP contribution in [0.1, 0.15) is 81.1 Å². The summed E-state index contributed by atoms with van der Waals surface area (Å²) in [5, 5.41) is 0. The van der Waals surface area contributed by atoms with E-state index in [9.17, 15) is 19.2 Å². The maximum atomic E-state index is 11.2. The number of carbonyl (C=O) groups is 4. The highest BCUT2D eigenvalue weighted by Gasteiger charge is 2.23. The van der Waals surface area contributed by atoms with E-state index in [4.69, 9.17) is 0 Å². The zero-order valence-corrected chi connectivity index (χ0v) is 15.5. The summed E-state index contributed by atoms with van der Waals surface area (Å²) in [6.45, 7) is 14.5. The highest BCUT2D eigenvalue weighted by molar-refractivity contribution is 6.01. The van der Waals surface area contributed by atoms with Crippen LogP contribution in [0, 0.1) is 10.8 Å². The lowest BCUT2D eigenvalue weighted by Crippen LogP contribution is -2.22. The number of rotatable bonds is 6. The Morgan fingerprint density at radius 1 is 0.591 bits per heavy atom. The molecule has 0 heterocycles. The fourth-order valence-corrected chi connectivity index (χ4v) is 1.14. The molecule has 0 spiro atoms. The standard InChI is InChI=1S/2C9H16O2/c2*1-5-7(10)6-8(11)9(2,3)4/h2*5-6H2,1-4H3. The third-order valence-electron chi connectivity index (χ3n) is 3.18. The van der Waals surface area contributed by atoms with Gasteiger partial charge in [-0.15, -0.1) is 0 Å². The quantitative estimate of drug-likeness (QED) is 0.697. The molecule has 0 saturated heterocycles. The molecule has 0 aromatic rings. The number of carbonyl (C=O) groups excluding carboxylic acids is 4. The van der Waals surface area contributed by atoms with Crippen LogP contribution in [0.2, 0.25) is 0 Å². The van der Waals surface area contributed by atoms with Crippen LogP contribution in [0.5, 0.6) is 0 Å². The molecule has 0 aliphatic carbocycles. The molecule has 0 amide bonds.